The van der Waals surface area contributed by atoms with Crippen molar-refractivity contribution in [1.82, 2.24) is 0 Å². The first-order valence-electron chi connectivity index (χ1n) is 7.87. The summed E-state index contributed by atoms with van der Waals surface area (Å²) in [6, 6.07) is 7.16. The van der Waals surface area contributed by atoms with Gasteiger partial charge in [0.25, 0.3) is 0 Å². The minimum atomic E-state index is -0.132. The number of amides is 2. The fourth-order valence-electron chi connectivity index (χ4n) is 5.06. The summed E-state index contributed by atoms with van der Waals surface area (Å²) in [4.78, 5) is 27.2. The van der Waals surface area contributed by atoms with Crippen molar-refractivity contribution in [2.75, 3.05) is 12.0 Å². The number of hydrogen-bond donors (Lipinski definition) is 0. The first-order chi connectivity index (χ1) is 10.7. The van der Waals surface area contributed by atoms with Crippen LogP contribution < -0.4 is 9.64 Å². The van der Waals surface area contributed by atoms with E-state index in [9.17, 15) is 9.59 Å². The Balaban J connectivity index is 1.53. The third-order valence-electron chi connectivity index (χ3n) is 6.18. The van der Waals surface area contributed by atoms with Gasteiger partial charge in [-0.15, -0.1) is 0 Å². The van der Waals surface area contributed by atoms with Crippen molar-refractivity contribution in [3.63, 3.8) is 0 Å². The van der Waals surface area contributed by atoms with Crippen LogP contribution in [0.4, 0.5) is 5.69 Å². The molecule has 2 bridgehead atoms. The fraction of sp³-hybridized carbons (Fsp3) is 0.444. The molecule has 112 valence electrons. The van der Waals surface area contributed by atoms with Crippen LogP contribution in [0.5, 0.6) is 5.75 Å². The van der Waals surface area contributed by atoms with Gasteiger partial charge in [0.15, 0.2) is 0 Å². The molecule has 3 fully saturated rings. The van der Waals surface area contributed by atoms with Gasteiger partial charge in [-0.1, -0.05) is 12.2 Å². The normalized spacial score (nSPS) is 36.3. The summed E-state index contributed by atoms with van der Waals surface area (Å²) in [5.74, 6) is 0.997. The topological polar surface area (TPSA) is 46.6 Å². The number of carbonyl (C=O) groups is 2. The third kappa shape index (κ3) is 1.25. The van der Waals surface area contributed by atoms with E-state index in [-0.39, 0.29) is 40.9 Å². The van der Waals surface area contributed by atoms with E-state index in [2.05, 4.69) is 12.2 Å². The quantitative estimate of drug-likeness (QED) is 0.622. The lowest BCUT2D eigenvalue weighted by Gasteiger charge is -2.21. The molecule has 5 rings (SSSR count). The molecule has 2 amide bonds. The lowest BCUT2D eigenvalue weighted by Crippen LogP contribution is -2.34. The van der Waals surface area contributed by atoms with Gasteiger partial charge in [0.2, 0.25) is 11.8 Å². The number of methoxy groups -OCH3 is 1. The van der Waals surface area contributed by atoms with Crippen molar-refractivity contribution in [3.05, 3.63) is 36.4 Å². The van der Waals surface area contributed by atoms with Crippen LogP contribution in [0, 0.1) is 29.1 Å². The predicted octanol–water partition coefficient (Wildman–Crippen LogP) is 2.40. The Labute approximate surface area is 128 Å². The van der Waals surface area contributed by atoms with Crippen LogP contribution in [0.2, 0.25) is 0 Å². The second-order valence-corrected chi connectivity index (χ2v) is 6.93. The standard InChI is InChI=1S/C18H17NO3/c1-22-11-4-2-10(3-5-11)19-16(20)14-12-6-7-13(15(14)17(19)21)18(12)8-9-18/h2-7,12-15H,8-9H2,1H3/t12-,13-,14-,15+/m1/s1. The number of anilines is 1. The molecule has 4 atom stereocenters. The molecule has 4 nitrogen and oxygen atoms in total. The SMILES string of the molecule is COc1ccc(N2C(=O)[C@@H]3[C@H](C2=O)[C@H]2C=C[C@H]3C23CC3)cc1. The molecular weight excluding hydrogens is 278 g/mol. The molecular formula is C18H17NO3. The summed E-state index contributed by atoms with van der Waals surface area (Å²) < 4.78 is 5.14. The molecule has 22 heavy (non-hydrogen) atoms. The molecule has 0 unspecified atom stereocenters. The zero-order valence-electron chi connectivity index (χ0n) is 12.4. The van der Waals surface area contributed by atoms with Gasteiger partial charge < -0.3 is 4.74 Å². The Kier molecular flexibility index (Phi) is 2.15. The van der Waals surface area contributed by atoms with Crippen molar-refractivity contribution < 1.29 is 14.3 Å². The van der Waals surface area contributed by atoms with Crippen molar-refractivity contribution >= 4 is 17.5 Å². The van der Waals surface area contributed by atoms with E-state index >= 15 is 0 Å². The maximum absolute atomic E-state index is 12.9. The number of rotatable bonds is 2. The van der Waals surface area contributed by atoms with Crippen molar-refractivity contribution in [2.45, 2.75) is 12.8 Å². The lowest BCUT2D eigenvalue weighted by molar-refractivity contribution is -0.123. The van der Waals surface area contributed by atoms with Gasteiger partial charge in [0, 0.05) is 0 Å². The van der Waals surface area contributed by atoms with Crippen LogP contribution >= 0.6 is 0 Å². The van der Waals surface area contributed by atoms with Crippen LogP contribution in [0.15, 0.2) is 36.4 Å². The van der Waals surface area contributed by atoms with Crippen molar-refractivity contribution in [3.8, 4) is 5.75 Å². The summed E-state index contributed by atoms with van der Waals surface area (Å²) in [5, 5.41) is 0. The highest BCUT2D eigenvalue weighted by Gasteiger charge is 2.73. The molecule has 1 aliphatic heterocycles. The highest BCUT2D eigenvalue weighted by molar-refractivity contribution is 6.23. The molecule has 1 heterocycles. The van der Waals surface area contributed by atoms with Gasteiger partial charge in [-0.3, -0.25) is 14.5 Å². The van der Waals surface area contributed by atoms with Crippen LogP contribution in [-0.2, 0) is 9.59 Å². The Bertz CT molecular complexity index is 682. The van der Waals surface area contributed by atoms with Crippen molar-refractivity contribution in [1.29, 1.82) is 0 Å². The number of fused-ring (bicyclic) bond motifs is 3. The molecule has 1 spiro atoms. The summed E-state index contributed by atoms with van der Waals surface area (Å²) in [6.07, 6.45) is 6.74. The average molecular weight is 295 g/mol. The van der Waals surface area contributed by atoms with Gasteiger partial charge in [0.1, 0.15) is 5.75 Å². The van der Waals surface area contributed by atoms with Gasteiger partial charge in [0.05, 0.1) is 24.6 Å². The van der Waals surface area contributed by atoms with E-state index < -0.39 is 0 Å². The molecule has 2 saturated carbocycles. The maximum atomic E-state index is 12.9. The highest BCUT2D eigenvalue weighted by atomic mass is 16.5. The second kappa shape index (κ2) is 3.80. The van der Waals surface area contributed by atoms with E-state index in [4.69, 9.17) is 4.74 Å². The number of ether oxygens (including phenoxy) is 1. The largest absolute Gasteiger partial charge is 0.497 e. The summed E-state index contributed by atoms with van der Waals surface area (Å²) in [7, 11) is 1.60. The van der Waals surface area contributed by atoms with Crippen LogP contribution in [-0.4, -0.2) is 18.9 Å². The molecule has 4 heteroatoms. The van der Waals surface area contributed by atoms with E-state index in [1.54, 1.807) is 31.4 Å². The molecule has 4 aliphatic rings. The summed E-state index contributed by atoms with van der Waals surface area (Å²) in [6.45, 7) is 0. The van der Waals surface area contributed by atoms with E-state index in [0.717, 1.165) is 5.75 Å². The summed E-state index contributed by atoms with van der Waals surface area (Å²) in [5.41, 5.74) is 0.918. The van der Waals surface area contributed by atoms with Gasteiger partial charge >= 0.3 is 0 Å². The Morgan fingerprint density at radius 1 is 1.00 bits per heavy atom. The van der Waals surface area contributed by atoms with E-state index in [1.165, 1.54) is 17.7 Å². The van der Waals surface area contributed by atoms with Crippen LogP contribution in [0.3, 0.4) is 0 Å². The van der Waals surface area contributed by atoms with E-state index in [0.29, 0.717) is 5.69 Å². The molecule has 0 aromatic heterocycles. The zero-order chi connectivity index (χ0) is 15.1. The average Bonchev–Trinajstić information content (AvgIpc) is 3.13. The Morgan fingerprint density at radius 3 is 2.00 bits per heavy atom. The second-order valence-electron chi connectivity index (χ2n) is 6.93. The number of allylic oxidation sites excluding steroid dienone is 2. The first-order valence-corrected chi connectivity index (χ1v) is 7.87. The van der Waals surface area contributed by atoms with Crippen LogP contribution in [0.25, 0.3) is 0 Å². The number of carbonyl (C=O) groups excluding carboxylic acids is 2. The monoisotopic (exact) mass is 295 g/mol. The van der Waals surface area contributed by atoms with E-state index in [1.807, 2.05) is 0 Å². The molecule has 1 saturated heterocycles. The fourth-order valence-corrected chi connectivity index (χ4v) is 5.06. The Hall–Kier alpha value is -2.10. The maximum Gasteiger partial charge on any atom is 0.238 e. The van der Waals surface area contributed by atoms with Gasteiger partial charge in [-0.2, -0.15) is 0 Å². The lowest BCUT2D eigenvalue weighted by atomic mass is 9.85. The predicted molar refractivity (Wildman–Crippen MR) is 80.3 cm³/mol. The smallest absolute Gasteiger partial charge is 0.238 e. The minimum absolute atomic E-state index is 0.0108. The molecule has 0 N–H and O–H groups in total. The molecule has 1 aromatic carbocycles. The van der Waals surface area contributed by atoms with Crippen LogP contribution in [0.1, 0.15) is 12.8 Å². The minimum Gasteiger partial charge on any atom is -0.497 e. The molecule has 0 radical (unpaired) electrons. The number of hydrogen-bond acceptors (Lipinski definition) is 3. The third-order valence-corrected chi connectivity index (χ3v) is 6.18. The zero-order valence-corrected chi connectivity index (χ0v) is 12.4. The number of imide groups is 1. The molecule has 1 aromatic rings. The number of nitrogens with zero attached hydrogens (tertiary/aromatic N) is 1. The van der Waals surface area contributed by atoms with Gasteiger partial charge in [-0.25, -0.2) is 0 Å². The number of benzene rings is 1. The Morgan fingerprint density at radius 2 is 1.55 bits per heavy atom. The summed E-state index contributed by atoms with van der Waals surface area (Å²) >= 11 is 0. The first kappa shape index (κ1) is 12.4. The van der Waals surface area contributed by atoms with Gasteiger partial charge in [-0.05, 0) is 54.4 Å². The highest BCUT2D eigenvalue weighted by Crippen LogP contribution is 2.73. The molecule has 3 aliphatic carbocycles. The van der Waals surface area contributed by atoms with Crippen molar-refractivity contribution in [2.24, 2.45) is 29.1 Å².